The van der Waals surface area contributed by atoms with E-state index in [9.17, 15) is 13.6 Å². The predicted molar refractivity (Wildman–Crippen MR) is 76.6 cm³/mol. The lowest BCUT2D eigenvalue weighted by atomic mass is 10.3. The molecule has 2 aromatic rings. The number of hydrogen-bond donors (Lipinski definition) is 1. The van der Waals surface area contributed by atoms with Gasteiger partial charge in [0.25, 0.3) is 5.22 Å². The molecule has 0 aliphatic heterocycles. The average Bonchev–Trinajstić information content (AvgIpc) is 3.23. The standard InChI is InChI=1S/C14H13F2N3O2S/c1-7(22-14-19-18-13(21-14)8-5-6-8)12(20)17-11-9(15)3-2-4-10(11)16/h2-4,7-8H,5-6H2,1H3,(H,17,20)/t7-/m0/s1. The fraction of sp³-hybridized carbons (Fsp3) is 0.357. The number of thioether (sulfide) groups is 1. The molecule has 1 heterocycles. The van der Waals surface area contributed by atoms with Gasteiger partial charge in [-0.2, -0.15) is 0 Å². The van der Waals surface area contributed by atoms with E-state index in [4.69, 9.17) is 4.42 Å². The third kappa shape index (κ3) is 3.27. The van der Waals surface area contributed by atoms with Gasteiger partial charge in [-0.3, -0.25) is 4.79 Å². The van der Waals surface area contributed by atoms with E-state index in [2.05, 4.69) is 15.5 Å². The van der Waals surface area contributed by atoms with Crippen molar-refractivity contribution < 1.29 is 18.0 Å². The predicted octanol–water partition coefficient (Wildman–Crippen LogP) is 3.34. The number of nitrogens with zero attached hydrogens (tertiary/aromatic N) is 2. The molecule has 3 rings (SSSR count). The first kappa shape index (κ1) is 15.0. The average molecular weight is 325 g/mol. The first-order chi connectivity index (χ1) is 10.5. The molecule has 1 aliphatic carbocycles. The number of halogens is 2. The molecule has 0 bridgehead atoms. The van der Waals surface area contributed by atoms with Gasteiger partial charge in [0.1, 0.15) is 17.3 Å². The lowest BCUT2D eigenvalue weighted by Crippen LogP contribution is -2.23. The van der Waals surface area contributed by atoms with E-state index < -0.39 is 28.5 Å². The van der Waals surface area contributed by atoms with Crippen molar-refractivity contribution in [3.05, 3.63) is 35.7 Å². The number of para-hydroxylation sites is 1. The minimum atomic E-state index is -0.820. The molecular formula is C14H13F2N3O2S. The summed E-state index contributed by atoms with van der Waals surface area (Å²) < 4.78 is 32.4. The highest BCUT2D eigenvalue weighted by Crippen LogP contribution is 2.40. The van der Waals surface area contributed by atoms with Gasteiger partial charge in [0.05, 0.1) is 5.25 Å². The fourth-order valence-electron chi connectivity index (χ4n) is 1.81. The van der Waals surface area contributed by atoms with Gasteiger partial charge in [-0.05, 0) is 31.9 Å². The van der Waals surface area contributed by atoms with Crippen LogP contribution in [0.15, 0.2) is 27.8 Å². The lowest BCUT2D eigenvalue weighted by Gasteiger charge is -2.11. The van der Waals surface area contributed by atoms with E-state index in [-0.39, 0.29) is 5.22 Å². The smallest absolute Gasteiger partial charge is 0.277 e. The van der Waals surface area contributed by atoms with Crippen molar-refractivity contribution in [2.24, 2.45) is 0 Å². The maximum Gasteiger partial charge on any atom is 0.277 e. The van der Waals surface area contributed by atoms with Gasteiger partial charge in [-0.1, -0.05) is 17.8 Å². The third-order valence-corrected chi connectivity index (χ3v) is 4.14. The summed E-state index contributed by atoms with van der Waals surface area (Å²) in [4.78, 5) is 12.0. The highest BCUT2D eigenvalue weighted by Gasteiger charge is 2.30. The molecule has 1 aromatic heterocycles. The molecule has 8 heteroatoms. The molecule has 0 unspecified atom stereocenters. The summed E-state index contributed by atoms with van der Waals surface area (Å²) in [5, 5.41) is 9.66. The van der Waals surface area contributed by atoms with Gasteiger partial charge in [0.15, 0.2) is 0 Å². The molecule has 1 fully saturated rings. The Morgan fingerprint density at radius 2 is 2.05 bits per heavy atom. The number of carbonyl (C=O) groups is 1. The number of hydrogen-bond acceptors (Lipinski definition) is 5. The second kappa shape index (κ2) is 6.04. The van der Waals surface area contributed by atoms with Gasteiger partial charge in [0, 0.05) is 5.92 Å². The maximum absolute atomic E-state index is 13.5. The van der Waals surface area contributed by atoms with Crippen LogP contribution >= 0.6 is 11.8 Å². The molecule has 1 aromatic carbocycles. The maximum atomic E-state index is 13.5. The first-order valence-electron chi connectivity index (χ1n) is 6.79. The molecule has 1 N–H and O–H groups in total. The molecule has 1 saturated carbocycles. The Labute approximate surface area is 129 Å². The topological polar surface area (TPSA) is 68.0 Å². The summed E-state index contributed by atoms with van der Waals surface area (Å²) in [5.74, 6) is -1.27. The fourth-order valence-corrected chi connectivity index (χ4v) is 2.50. The van der Waals surface area contributed by atoms with E-state index in [1.807, 2.05) is 0 Å². The van der Waals surface area contributed by atoms with Crippen molar-refractivity contribution in [1.82, 2.24) is 10.2 Å². The number of rotatable bonds is 5. The highest BCUT2D eigenvalue weighted by atomic mass is 32.2. The lowest BCUT2D eigenvalue weighted by molar-refractivity contribution is -0.115. The van der Waals surface area contributed by atoms with Gasteiger partial charge < -0.3 is 9.73 Å². The van der Waals surface area contributed by atoms with Gasteiger partial charge >= 0.3 is 0 Å². The normalized spacial score (nSPS) is 15.6. The summed E-state index contributed by atoms with van der Waals surface area (Å²) in [6.07, 6.45) is 2.07. The van der Waals surface area contributed by atoms with Crippen LogP contribution in [0, 0.1) is 11.6 Å². The molecule has 116 valence electrons. The Kier molecular flexibility index (Phi) is 4.10. The molecule has 1 aliphatic rings. The van der Waals surface area contributed by atoms with Crippen LogP contribution in [-0.4, -0.2) is 21.4 Å². The molecule has 5 nitrogen and oxygen atoms in total. The quantitative estimate of drug-likeness (QED) is 0.854. The minimum Gasteiger partial charge on any atom is -0.416 e. The molecule has 0 saturated heterocycles. The summed E-state index contributed by atoms with van der Waals surface area (Å²) in [6, 6.07) is 3.39. The number of benzene rings is 1. The highest BCUT2D eigenvalue weighted by molar-refractivity contribution is 8.00. The molecule has 1 atom stereocenters. The van der Waals surface area contributed by atoms with E-state index >= 15 is 0 Å². The van der Waals surface area contributed by atoms with Crippen molar-refractivity contribution in [3.8, 4) is 0 Å². The van der Waals surface area contributed by atoms with E-state index in [0.29, 0.717) is 11.8 Å². The van der Waals surface area contributed by atoms with E-state index in [1.54, 1.807) is 6.92 Å². The molecule has 22 heavy (non-hydrogen) atoms. The monoisotopic (exact) mass is 325 g/mol. The van der Waals surface area contributed by atoms with Gasteiger partial charge in [0.2, 0.25) is 11.8 Å². The Hall–Kier alpha value is -1.96. The first-order valence-corrected chi connectivity index (χ1v) is 7.67. The van der Waals surface area contributed by atoms with Crippen LogP contribution in [0.3, 0.4) is 0 Å². The number of anilines is 1. The number of carbonyl (C=O) groups excluding carboxylic acids is 1. The zero-order chi connectivity index (χ0) is 15.7. The van der Waals surface area contributed by atoms with Gasteiger partial charge in [-0.15, -0.1) is 10.2 Å². The van der Waals surface area contributed by atoms with Crippen LogP contribution in [0.5, 0.6) is 0 Å². The summed E-state index contributed by atoms with van der Waals surface area (Å²) in [6.45, 7) is 1.60. The summed E-state index contributed by atoms with van der Waals surface area (Å²) >= 11 is 1.05. The van der Waals surface area contributed by atoms with Crippen LogP contribution in [0.25, 0.3) is 0 Å². The SMILES string of the molecule is C[C@H](Sc1nnc(C2CC2)o1)C(=O)Nc1c(F)cccc1F. The zero-order valence-corrected chi connectivity index (χ0v) is 12.5. The largest absolute Gasteiger partial charge is 0.416 e. The van der Waals surface area contributed by atoms with Crippen LogP contribution in [0.2, 0.25) is 0 Å². The van der Waals surface area contributed by atoms with Crippen molar-refractivity contribution in [3.63, 3.8) is 0 Å². The van der Waals surface area contributed by atoms with Crippen molar-refractivity contribution >= 4 is 23.4 Å². The Morgan fingerprint density at radius 1 is 1.36 bits per heavy atom. The van der Waals surface area contributed by atoms with Crippen LogP contribution in [-0.2, 0) is 4.79 Å². The minimum absolute atomic E-state index is 0.276. The molecular weight excluding hydrogens is 312 g/mol. The molecule has 0 radical (unpaired) electrons. The van der Waals surface area contributed by atoms with E-state index in [0.717, 1.165) is 36.7 Å². The van der Waals surface area contributed by atoms with E-state index in [1.165, 1.54) is 6.07 Å². The third-order valence-electron chi connectivity index (χ3n) is 3.21. The van der Waals surface area contributed by atoms with Crippen LogP contribution in [0.1, 0.15) is 31.6 Å². The Balaban J connectivity index is 1.63. The van der Waals surface area contributed by atoms with Crippen molar-refractivity contribution in [2.75, 3.05) is 5.32 Å². The Morgan fingerprint density at radius 3 is 2.68 bits per heavy atom. The van der Waals surface area contributed by atoms with Crippen LogP contribution < -0.4 is 5.32 Å². The molecule has 0 spiro atoms. The van der Waals surface area contributed by atoms with Crippen molar-refractivity contribution in [1.29, 1.82) is 0 Å². The number of aromatic nitrogens is 2. The second-order valence-electron chi connectivity index (χ2n) is 5.03. The Bertz CT molecular complexity index is 683. The van der Waals surface area contributed by atoms with Crippen molar-refractivity contribution in [2.45, 2.75) is 36.2 Å². The summed E-state index contributed by atoms with van der Waals surface area (Å²) in [5.41, 5.74) is -0.454. The summed E-state index contributed by atoms with van der Waals surface area (Å²) in [7, 11) is 0. The second-order valence-corrected chi connectivity index (χ2v) is 6.32. The van der Waals surface area contributed by atoms with Gasteiger partial charge in [-0.25, -0.2) is 8.78 Å². The number of nitrogens with one attached hydrogen (secondary N) is 1. The van der Waals surface area contributed by atoms with Crippen LogP contribution in [0.4, 0.5) is 14.5 Å². The number of amides is 1. The zero-order valence-electron chi connectivity index (χ0n) is 11.7. The molecule has 1 amide bonds.